The second kappa shape index (κ2) is 7.37. The summed E-state index contributed by atoms with van der Waals surface area (Å²) in [5.41, 5.74) is 0.802. The molecule has 1 aliphatic rings. The Labute approximate surface area is 189 Å². The standard InChI is InChI=1S/C21H18F5N7O/c1-10-17-12(19(31(3)29-17)15-7-16(21(24,25)26)28-30(15)2)4-5-32(10)20(34)13-8-27-33-9-11(22)6-14(23)18(13)33/h6-10H,4-5H2,1-3H3/t10-/m0/s1. The molecule has 0 aromatic carbocycles. The number of carbonyl (C=O) groups is 1. The lowest BCUT2D eigenvalue weighted by Crippen LogP contribution is -2.39. The first-order valence-electron chi connectivity index (χ1n) is 10.3. The summed E-state index contributed by atoms with van der Waals surface area (Å²) in [6, 6.07) is 1.10. The highest BCUT2D eigenvalue weighted by atomic mass is 19.4. The fraction of sp³-hybridized carbons (Fsp3) is 0.333. The lowest BCUT2D eigenvalue weighted by Gasteiger charge is -2.32. The number of hydrogen-bond donors (Lipinski definition) is 0. The Morgan fingerprint density at radius 2 is 1.85 bits per heavy atom. The van der Waals surface area contributed by atoms with Crippen LogP contribution >= 0.6 is 0 Å². The quantitative estimate of drug-likeness (QED) is 0.413. The molecule has 5 heterocycles. The molecule has 1 aliphatic heterocycles. The SMILES string of the molecule is C[C@H]1c2nn(C)c(-c3cc(C(F)(F)F)nn3C)c2CCN1C(=O)c1cnn2cc(F)cc(F)c12. The summed E-state index contributed by atoms with van der Waals surface area (Å²) in [6.45, 7) is 1.95. The van der Waals surface area contributed by atoms with Crippen LogP contribution in [0.4, 0.5) is 22.0 Å². The minimum atomic E-state index is -4.59. The van der Waals surface area contributed by atoms with Crippen LogP contribution in [0.1, 0.15) is 40.3 Å². The summed E-state index contributed by atoms with van der Waals surface area (Å²) < 4.78 is 71.0. The predicted octanol–water partition coefficient (Wildman–Crippen LogP) is 3.52. The molecule has 0 fully saturated rings. The van der Waals surface area contributed by atoms with E-state index in [0.29, 0.717) is 29.4 Å². The third kappa shape index (κ3) is 3.25. The molecule has 0 spiro atoms. The molecule has 0 bridgehead atoms. The fourth-order valence-electron chi connectivity index (χ4n) is 4.52. The van der Waals surface area contributed by atoms with Gasteiger partial charge in [0.1, 0.15) is 11.3 Å². The van der Waals surface area contributed by atoms with Gasteiger partial charge in [0.25, 0.3) is 5.91 Å². The van der Waals surface area contributed by atoms with E-state index in [4.69, 9.17) is 0 Å². The van der Waals surface area contributed by atoms with Gasteiger partial charge in [0.05, 0.1) is 41.1 Å². The molecule has 0 aliphatic carbocycles. The second-order valence-corrected chi connectivity index (χ2v) is 8.15. The lowest BCUT2D eigenvalue weighted by molar-refractivity contribution is -0.141. The molecule has 0 N–H and O–H groups in total. The topological polar surface area (TPSA) is 73.2 Å². The van der Waals surface area contributed by atoms with Gasteiger partial charge in [0.2, 0.25) is 0 Å². The average molecular weight is 479 g/mol. The number of amides is 1. The molecule has 1 atom stereocenters. The highest BCUT2D eigenvalue weighted by Gasteiger charge is 2.38. The lowest BCUT2D eigenvalue weighted by atomic mass is 9.96. The number of aryl methyl sites for hydroxylation is 2. The zero-order valence-electron chi connectivity index (χ0n) is 18.2. The first-order valence-corrected chi connectivity index (χ1v) is 10.3. The number of rotatable bonds is 2. The smallest absolute Gasteiger partial charge is 0.330 e. The zero-order chi connectivity index (χ0) is 24.5. The molecule has 4 aromatic rings. The summed E-state index contributed by atoms with van der Waals surface area (Å²) in [7, 11) is 3.04. The third-order valence-electron chi connectivity index (χ3n) is 6.08. The van der Waals surface area contributed by atoms with Gasteiger partial charge in [-0.3, -0.25) is 14.2 Å². The Morgan fingerprint density at radius 1 is 1.12 bits per heavy atom. The normalized spacial score (nSPS) is 16.4. The van der Waals surface area contributed by atoms with Crippen LogP contribution < -0.4 is 0 Å². The molecular weight excluding hydrogens is 461 g/mol. The van der Waals surface area contributed by atoms with E-state index in [-0.39, 0.29) is 23.3 Å². The van der Waals surface area contributed by atoms with Gasteiger partial charge in [-0.15, -0.1) is 0 Å². The average Bonchev–Trinajstić information content (AvgIpc) is 3.42. The minimum absolute atomic E-state index is 0.0228. The first kappa shape index (κ1) is 22.0. The number of aromatic nitrogens is 6. The third-order valence-corrected chi connectivity index (χ3v) is 6.08. The Hall–Kier alpha value is -3.77. The summed E-state index contributed by atoms with van der Waals surface area (Å²) in [5, 5.41) is 11.9. The Balaban J connectivity index is 1.53. The van der Waals surface area contributed by atoms with Crippen LogP contribution in [0.25, 0.3) is 16.9 Å². The van der Waals surface area contributed by atoms with Crippen molar-refractivity contribution in [1.82, 2.24) is 34.1 Å². The van der Waals surface area contributed by atoms with Crippen LogP contribution in [0.2, 0.25) is 0 Å². The van der Waals surface area contributed by atoms with E-state index in [0.717, 1.165) is 21.5 Å². The monoisotopic (exact) mass is 479 g/mol. The molecule has 0 unspecified atom stereocenters. The largest absolute Gasteiger partial charge is 0.435 e. The van der Waals surface area contributed by atoms with E-state index in [1.807, 2.05) is 0 Å². The number of carbonyl (C=O) groups excluding carboxylic acids is 1. The van der Waals surface area contributed by atoms with Gasteiger partial charge in [-0.1, -0.05) is 0 Å². The molecule has 5 rings (SSSR count). The number of alkyl halides is 3. The van der Waals surface area contributed by atoms with Gasteiger partial charge >= 0.3 is 6.18 Å². The predicted molar refractivity (Wildman–Crippen MR) is 109 cm³/mol. The molecule has 0 saturated heterocycles. The molecule has 13 heteroatoms. The molecule has 4 aromatic heterocycles. The van der Waals surface area contributed by atoms with Crippen LogP contribution in [0.15, 0.2) is 24.5 Å². The Kier molecular flexibility index (Phi) is 4.78. The van der Waals surface area contributed by atoms with Gasteiger partial charge in [0, 0.05) is 32.3 Å². The fourth-order valence-corrected chi connectivity index (χ4v) is 4.52. The number of fused-ring (bicyclic) bond motifs is 2. The molecule has 0 radical (unpaired) electrons. The highest BCUT2D eigenvalue weighted by Crippen LogP contribution is 2.38. The van der Waals surface area contributed by atoms with Crippen molar-refractivity contribution >= 4 is 11.4 Å². The van der Waals surface area contributed by atoms with Gasteiger partial charge in [-0.25, -0.2) is 13.3 Å². The molecule has 0 saturated carbocycles. The Bertz CT molecular complexity index is 1450. The van der Waals surface area contributed by atoms with E-state index >= 15 is 0 Å². The first-order chi connectivity index (χ1) is 16.0. The van der Waals surface area contributed by atoms with Crippen molar-refractivity contribution in [2.45, 2.75) is 25.6 Å². The molecular formula is C21H18F5N7O. The maximum Gasteiger partial charge on any atom is 0.435 e. The van der Waals surface area contributed by atoms with Crippen LogP contribution in [-0.4, -0.2) is 46.5 Å². The minimum Gasteiger partial charge on any atom is -0.330 e. The van der Waals surface area contributed by atoms with E-state index in [1.54, 1.807) is 14.0 Å². The zero-order valence-corrected chi connectivity index (χ0v) is 18.2. The summed E-state index contributed by atoms with van der Waals surface area (Å²) in [5.74, 6) is -2.25. The van der Waals surface area contributed by atoms with Crippen molar-refractivity contribution in [3.8, 4) is 11.4 Å². The van der Waals surface area contributed by atoms with Crippen molar-refractivity contribution < 1.29 is 26.7 Å². The van der Waals surface area contributed by atoms with Crippen molar-refractivity contribution in [3.63, 3.8) is 0 Å². The molecule has 178 valence electrons. The van der Waals surface area contributed by atoms with Crippen LogP contribution in [0.3, 0.4) is 0 Å². The number of hydrogen-bond acceptors (Lipinski definition) is 4. The van der Waals surface area contributed by atoms with E-state index in [2.05, 4.69) is 15.3 Å². The van der Waals surface area contributed by atoms with Gasteiger partial charge in [-0.2, -0.15) is 28.5 Å². The second-order valence-electron chi connectivity index (χ2n) is 8.15. The summed E-state index contributed by atoms with van der Waals surface area (Å²) in [6.07, 6.45) is -2.11. The summed E-state index contributed by atoms with van der Waals surface area (Å²) in [4.78, 5) is 14.8. The van der Waals surface area contributed by atoms with Crippen LogP contribution in [-0.2, 0) is 26.7 Å². The maximum atomic E-state index is 14.4. The molecule has 34 heavy (non-hydrogen) atoms. The summed E-state index contributed by atoms with van der Waals surface area (Å²) >= 11 is 0. The molecule has 8 nitrogen and oxygen atoms in total. The van der Waals surface area contributed by atoms with Crippen molar-refractivity contribution in [3.05, 3.63) is 58.7 Å². The van der Waals surface area contributed by atoms with Gasteiger partial charge in [-0.05, 0) is 19.4 Å². The van der Waals surface area contributed by atoms with Gasteiger partial charge in [0.15, 0.2) is 11.5 Å². The highest BCUT2D eigenvalue weighted by molar-refractivity contribution is 6.01. The molecule has 1 amide bonds. The van der Waals surface area contributed by atoms with Crippen molar-refractivity contribution in [2.75, 3.05) is 6.54 Å². The van der Waals surface area contributed by atoms with Crippen LogP contribution in [0, 0.1) is 11.6 Å². The van der Waals surface area contributed by atoms with Crippen molar-refractivity contribution in [1.29, 1.82) is 0 Å². The van der Waals surface area contributed by atoms with E-state index in [9.17, 15) is 26.7 Å². The number of halogens is 5. The number of nitrogens with zero attached hydrogens (tertiary/aromatic N) is 7. The van der Waals surface area contributed by atoms with Gasteiger partial charge < -0.3 is 4.90 Å². The Morgan fingerprint density at radius 3 is 2.53 bits per heavy atom. The van der Waals surface area contributed by atoms with E-state index in [1.165, 1.54) is 22.8 Å². The van der Waals surface area contributed by atoms with E-state index < -0.39 is 35.5 Å². The van der Waals surface area contributed by atoms with Crippen molar-refractivity contribution in [2.24, 2.45) is 14.1 Å². The maximum absolute atomic E-state index is 14.4. The van der Waals surface area contributed by atoms with Crippen LogP contribution in [0.5, 0.6) is 0 Å². The number of pyridine rings is 1.